The van der Waals surface area contributed by atoms with Crippen molar-refractivity contribution in [1.29, 1.82) is 0 Å². The number of amides is 1. The fraction of sp³-hybridized carbons (Fsp3) is 0.360. The van der Waals surface area contributed by atoms with E-state index in [-0.39, 0.29) is 31.8 Å². The summed E-state index contributed by atoms with van der Waals surface area (Å²) in [7, 11) is -1.14. The molecule has 0 aromatic heterocycles. The first-order chi connectivity index (χ1) is 16.5. The monoisotopic (exact) mass is 487 g/mol. The van der Waals surface area contributed by atoms with Crippen LogP contribution in [0, 0.1) is 0 Å². The molecule has 184 valence electrons. The smallest absolute Gasteiger partial charge is 0.323 e. The van der Waals surface area contributed by atoms with Crippen LogP contribution in [0.3, 0.4) is 0 Å². The number of para-hydroxylation sites is 1. The Kier molecular flexibility index (Phi) is 12.9. The highest BCUT2D eigenvalue weighted by atomic mass is 31.2. The highest BCUT2D eigenvalue weighted by molar-refractivity contribution is 7.50. The van der Waals surface area contributed by atoms with Crippen molar-refractivity contribution in [2.75, 3.05) is 26.0 Å². The Balaban J connectivity index is 1.85. The molecule has 0 fully saturated rings. The van der Waals surface area contributed by atoms with E-state index in [1.165, 1.54) is 0 Å². The van der Waals surface area contributed by atoms with Gasteiger partial charge in [0, 0.05) is 6.16 Å². The van der Waals surface area contributed by atoms with Crippen molar-refractivity contribution < 1.29 is 23.6 Å². The van der Waals surface area contributed by atoms with Gasteiger partial charge in [-0.05, 0) is 38.0 Å². The topological polar surface area (TPSA) is 112 Å². The zero-order chi connectivity index (χ0) is 24.6. The maximum Gasteiger partial charge on any atom is 0.323 e. The van der Waals surface area contributed by atoms with Gasteiger partial charge in [-0.2, -0.15) is 0 Å². The third kappa shape index (κ3) is 11.4. The number of rotatable bonds is 15. The van der Waals surface area contributed by atoms with E-state index in [0.29, 0.717) is 12.8 Å². The van der Waals surface area contributed by atoms with Crippen LogP contribution in [0.1, 0.15) is 25.8 Å². The van der Waals surface area contributed by atoms with Gasteiger partial charge < -0.3 is 25.0 Å². The molecule has 9 heteroatoms. The second-order valence-corrected chi connectivity index (χ2v) is 9.23. The SMILES string of the molecule is C/C(=C\CCP(NC(C)C(=O)OCc1ccccc1)Oc1ccccc1)COCNC(=O)CN. The van der Waals surface area contributed by atoms with E-state index in [1.54, 1.807) is 6.92 Å². The van der Waals surface area contributed by atoms with Gasteiger partial charge >= 0.3 is 5.97 Å². The summed E-state index contributed by atoms with van der Waals surface area (Å²) >= 11 is 0. The van der Waals surface area contributed by atoms with E-state index in [9.17, 15) is 9.59 Å². The molecule has 0 saturated heterocycles. The summed E-state index contributed by atoms with van der Waals surface area (Å²) in [5, 5.41) is 5.85. The van der Waals surface area contributed by atoms with Gasteiger partial charge in [0.25, 0.3) is 0 Å². The van der Waals surface area contributed by atoms with E-state index < -0.39 is 14.3 Å². The lowest BCUT2D eigenvalue weighted by Crippen LogP contribution is -2.33. The molecular weight excluding hydrogens is 453 g/mol. The van der Waals surface area contributed by atoms with Crippen molar-refractivity contribution in [1.82, 2.24) is 10.4 Å². The Hall–Kier alpha value is -2.77. The maximum absolute atomic E-state index is 12.5. The molecule has 0 aliphatic carbocycles. The standard InChI is InChI=1S/C25H34N3O5P/c1-20(17-31-19-27-24(29)16-26)10-9-15-34(33-23-13-7-4-8-14-23)28-21(2)25(30)32-18-22-11-5-3-6-12-22/h3-8,10-14,21,28H,9,15-19,26H2,1-2H3,(H,27,29)/b20-10+. The van der Waals surface area contributed by atoms with Gasteiger partial charge in [0.05, 0.1) is 13.2 Å². The van der Waals surface area contributed by atoms with Crippen LogP contribution in [0.2, 0.25) is 0 Å². The van der Waals surface area contributed by atoms with E-state index in [4.69, 9.17) is 19.7 Å². The van der Waals surface area contributed by atoms with Crippen LogP contribution < -0.4 is 20.7 Å². The molecule has 8 nitrogen and oxygen atoms in total. The van der Waals surface area contributed by atoms with Crippen molar-refractivity contribution in [3.63, 3.8) is 0 Å². The summed E-state index contributed by atoms with van der Waals surface area (Å²) in [6.45, 7) is 4.43. The summed E-state index contributed by atoms with van der Waals surface area (Å²) < 4.78 is 17.0. The Morgan fingerprint density at radius 2 is 1.76 bits per heavy atom. The van der Waals surface area contributed by atoms with E-state index in [1.807, 2.05) is 67.6 Å². The summed E-state index contributed by atoms with van der Waals surface area (Å²) in [6.07, 6.45) is 3.50. The van der Waals surface area contributed by atoms with E-state index in [0.717, 1.165) is 23.3 Å². The number of ether oxygens (including phenoxy) is 2. The summed E-state index contributed by atoms with van der Waals surface area (Å²) in [6, 6.07) is 18.6. The van der Waals surface area contributed by atoms with Crippen LogP contribution in [-0.2, 0) is 25.7 Å². The average molecular weight is 488 g/mol. The van der Waals surface area contributed by atoms with Crippen LogP contribution in [0.4, 0.5) is 0 Å². The zero-order valence-electron chi connectivity index (χ0n) is 19.7. The molecule has 0 aliphatic rings. The van der Waals surface area contributed by atoms with Crippen molar-refractivity contribution in [2.45, 2.75) is 32.9 Å². The molecule has 0 bridgehead atoms. The number of benzene rings is 2. The van der Waals surface area contributed by atoms with Gasteiger partial charge in [0.15, 0.2) is 8.30 Å². The van der Waals surface area contributed by atoms with Crippen LogP contribution in [0.15, 0.2) is 72.3 Å². The molecule has 0 heterocycles. The molecule has 34 heavy (non-hydrogen) atoms. The van der Waals surface area contributed by atoms with E-state index in [2.05, 4.69) is 16.5 Å². The van der Waals surface area contributed by atoms with Crippen LogP contribution in [0.25, 0.3) is 0 Å². The molecule has 0 saturated carbocycles. The fourth-order valence-corrected chi connectivity index (χ4v) is 4.32. The van der Waals surface area contributed by atoms with Crippen molar-refractivity contribution in [2.24, 2.45) is 5.73 Å². The minimum Gasteiger partial charge on any atom is -0.460 e. The number of hydrogen-bond donors (Lipinski definition) is 3. The Labute approximate surface area is 202 Å². The lowest BCUT2D eigenvalue weighted by atomic mass is 10.2. The predicted molar refractivity (Wildman–Crippen MR) is 134 cm³/mol. The largest absolute Gasteiger partial charge is 0.460 e. The molecule has 2 aromatic carbocycles. The van der Waals surface area contributed by atoms with Gasteiger partial charge in [-0.1, -0.05) is 60.2 Å². The van der Waals surface area contributed by atoms with Crippen LogP contribution in [-0.4, -0.2) is 44.0 Å². The fourth-order valence-electron chi connectivity index (χ4n) is 2.77. The second kappa shape index (κ2) is 16.0. The number of hydrogen-bond acceptors (Lipinski definition) is 7. The van der Waals surface area contributed by atoms with E-state index >= 15 is 0 Å². The molecule has 2 atom stereocenters. The normalized spacial score (nSPS) is 13.1. The molecular formula is C25H34N3O5P. The Bertz CT molecular complexity index is 896. The predicted octanol–water partition coefficient (Wildman–Crippen LogP) is 3.48. The zero-order valence-corrected chi connectivity index (χ0v) is 20.6. The molecule has 2 rings (SSSR count). The highest BCUT2D eigenvalue weighted by Crippen LogP contribution is 2.35. The first-order valence-corrected chi connectivity index (χ1v) is 12.6. The number of carbonyl (C=O) groups excluding carboxylic acids is 2. The van der Waals surface area contributed by atoms with Crippen LogP contribution in [0.5, 0.6) is 5.75 Å². The lowest BCUT2D eigenvalue weighted by Gasteiger charge is -2.22. The molecule has 2 aromatic rings. The molecule has 0 aliphatic heterocycles. The third-order valence-corrected chi connectivity index (χ3v) is 6.36. The molecule has 0 radical (unpaired) electrons. The van der Waals surface area contributed by atoms with Crippen LogP contribution >= 0.6 is 8.30 Å². The Morgan fingerprint density at radius 3 is 2.44 bits per heavy atom. The van der Waals surface area contributed by atoms with Gasteiger partial charge in [0.1, 0.15) is 25.1 Å². The number of nitrogens with one attached hydrogen (secondary N) is 2. The molecule has 1 amide bonds. The first kappa shape index (κ1) is 27.5. The minimum atomic E-state index is -1.14. The van der Waals surface area contributed by atoms with Gasteiger partial charge in [-0.3, -0.25) is 14.7 Å². The Morgan fingerprint density at radius 1 is 1.09 bits per heavy atom. The summed E-state index contributed by atoms with van der Waals surface area (Å²) in [5.74, 6) is 0.158. The lowest BCUT2D eigenvalue weighted by molar-refractivity contribution is -0.146. The second-order valence-electron chi connectivity index (χ2n) is 7.59. The first-order valence-electron chi connectivity index (χ1n) is 11.2. The van der Waals surface area contributed by atoms with Gasteiger partial charge in [-0.25, -0.2) is 0 Å². The number of allylic oxidation sites excluding steroid dienone is 1. The molecule has 4 N–H and O–H groups in total. The van der Waals surface area contributed by atoms with Crippen molar-refractivity contribution in [3.8, 4) is 5.75 Å². The number of nitrogens with two attached hydrogens (primary N) is 1. The minimum absolute atomic E-state index is 0.0611. The summed E-state index contributed by atoms with van der Waals surface area (Å²) in [5.41, 5.74) is 7.21. The molecule has 2 unspecified atom stereocenters. The third-order valence-electron chi connectivity index (χ3n) is 4.59. The number of esters is 1. The van der Waals surface area contributed by atoms with Crippen molar-refractivity contribution in [3.05, 3.63) is 77.9 Å². The number of carbonyl (C=O) groups is 2. The van der Waals surface area contributed by atoms with Crippen molar-refractivity contribution >= 4 is 20.2 Å². The average Bonchev–Trinajstić information content (AvgIpc) is 2.86. The van der Waals surface area contributed by atoms with Gasteiger partial charge in [0.2, 0.25) is 5.91 Å². The highest BCUT2D eigenvalue weighted by Gasteiger charge is 2.21. The summed E-state index contributed by atoms with van der Waals surface area (Å²) in [4.78, 5) is 23.6. The quantitative estimate of drug-likeness (QED) is 0.116. The van der Waals surface area contributed by atoms with Gasteiger partial charge in [-0.15, -0.1) is 0 Å². The maximum atomic E-state index is 12.5. The molecule has 0 spiro atoms.